The fourth-order valence-electron chi connectivity index (χ4n) is 0.691. The molecule has 0 aromatic rings. The van der Waals surface area contributed by atoms with Gasteiger partial charge in [-0.15, -0.1) is 0 Å². The summed E-state index contributed by atoms with van der Waals surface area (Å²) in [5, 5.41) is 6.97. The standard InChI is InChI=1S/C9H20N2OS/c1-7(2)8(3)11-9(13)10-5-6-12-4/h7-8H,5-6H2,1-4H3,(H2,10,11,13). The van der Waals surface area contributed by atoms with E-state index in [1.54, 1.807) is 7.11 Å². The van der Waals surface area contributed by atoms with Crippen LogP contribution in [0.4, 0.5) is 0 Å². The van der Waals surface area contributed by atoms with E-state index in [1.165, 1.54) is 0 Å². The lowest BCUT2D eigenvalue weighted by molar-refractivity contribution is 0.203. The maximum absolute atomic E-state index is 5.09. The first-order valence-electron chi connectivity index (χ1n) is 4.61. The van der Waals surface area contributed by atoms with Crippen molar-refractivity contribution in [3.8, 4) is 0 Å². The highest BCUT2D eigenvalue weighted by molar-refractivity contribution is 7.80. The van der Waals surface area contributed by atoms with Gasteiger partial charge in [0.25, 0.3) is 0 Å². The van der Waals surface area contributed by atoms with Gasteiger partial charge in [-0.2, -0.15) is 0 Å². The topological polar surface area (TPSA) is 33.3 Å². The Morgan fingerprint density at radius 2 is 2.00 bits per heavy atom. The van der Waals surface area contributed by atoms with Gasteiger partial charge in [0.15, 0.2) is 5.11 Å². The van der Waals surface area contributed by atoms with Crippen molar-refractivity contribution in [1.29, 1.82) is 0 Å². The predicted molar refractivity (Wildman–Crippen MR) is 59.9 cm³/mol. The summed E-state index contributed by atoms with van der Waals surface area (Å²) in [5.41, 5.74) is 0. The Morgan fingerprint density at radius 1 is 1.38 bits per heavy atom. The van der Waals surface area contributed by atoms with Crippen LogP contribution >= 0.6 is 12.2 Å². The number of hydrogen-bond donors (Lipinski definition) is 2. The molecule has 0 aliphatic rings. The van der Waals surface area contributed by atoms with Crippen LogP contribution in [0.25, 0.3) is 0 Å². The smallest absolute Gasteiger partial charge is 0.166 e. The molecule has 0 amide bonds. The summed E-state index contributed by atoms with van der Waals surface area (Å²) in [4.78, 5) is 0. The Balaban J connectivity index is 3.50. The highest BCUT2D eigenvalue weighted by atomic mass is 32.1. The molecule has 1 unspecified atom stereocenters. The molecule has 0 aliphatic carbocycles. The van der Waals surface area contributed by atoms with E-state index in [0.717, 1.165) is 6.54 Å². The zero-order valence-corrected chi connectivity index (χ0v) is 9.70. The minimum atomic E-state index is 0.405. The van der Waals surface area contributed by atoms with Gasteiger partial charge in [0.05, 0.1) is 6.61 Å². The molecule has 0 heterocycles. The lowest BCUT2D eigenvalue weighted by Gasteiger charge is -2.19. The van der Waals surface area contributed by atoms with Crippen LogP contribution in [0.2, 0.25) is 0 Å². The number of thiocarbonyl (C=S) groups is 1. The second kappa shape index (κ2) is 7.09. The SMILES string of the molecule is COCCNC(=S)NC(C)C(C)C. The van der Waals surface area contributed by atoms with Crippen molar-refractivity contribution in [2.45, 2.75) is 26.8 Å². The number of rotatable bonds is 5. The highest BCUT2D eigenvalue weighted by Gasteiger charge is 2.06. The van der Waals surface area contributed by atoms with Crippen LogP contribution in [0, 0.1) is 5.92 Å². The van der Waals surface area contributed by atoms with E-state index in [0.29, 0.717) is 23.7 Å². The number of ether oxygens (including phenoxy) is 1. The number of hydrogen-bond acceptors (Lipinski definition) is 2. The van der Waals surface area contributed by atoms with Crippen molar-refractivity contribution in [2.75, 3.05) is 20.3 Å². The maximum atomic E-state index is 5.09. The van der Waals surface area contributed by atoms with E-state index < -0.39 is 0 Å². The summed E-state index contributed by atoms with van der Waals surface area (Å²) in [6.07, 6.45) is 0. The Bertz CT molecular complexity index is 151. The Morgan fingerprint density at radius 3 is 2.46 bits per heavy atom. The first kappa shape index (κ1) is 12.7. The zero-order valence-electron chi connectivity index (χ0n) is 8.89. The normalized spacial score (nSPS) is 12.7. The third-order valence-electron chi connectivity index (χ3n) is 1.95. The monoisotopic (exact) mass is 204 g/mol. The molecule has 0 fully saturated rings. The van der Waals surface area contributed by atoms with Crippen molar-refractivity contribution >= 4 is 17.3 Å². The molecule has 1 atom stereocenters. The van der Waals surface area contributed by atoms with Gasteiger partial charge < -0.3 is 15.4 Å². The molecule has 0 aliphatic heterocycles. The molecule has 2 N–H and O–H groups in total. The summed E-state index contributed by atoms with van der Waals surface area (Å²) in [7, 11) is 1.68. The highest BCUT2D eigenvalue weighted by Crippen LogP contribution is 1.98. The number of nitrogens with one attached hydrogen (secondary N) is 2. The molecule has 0 saturated heterocycles. The lowest BCUT2D eigenvalue weighted by Crippen LogP contribution is -2.43. The third-order valence-corrected chi connectivity index (χ3v) is 2.21. The van der Waals surface area contributed by atoms with Crippen molar-refractivity contribution in [1.82, 2.24) is 10.6 Å². The summed E-state index contributed by atoms with van der Waals surface area (Å²) >= 11 is 5.09. The van der Waals surface area contributed by atoms with Crippen LogP contribution in [0.3, 0.4) is 0 Å². The third kappa shape index (κ3) is 6.78. The zero-order chi connectivity index (χ0) is 10.3. The second-order valence-electron chi connectivity index (χ2n) is 3.43. The van der Waals surface area contributed by atoms with Crippen LogP contribution < -0.4 is 10.6 Å². The van der Waals surface area contributed by atoms with Crippen LogP contribution in [-0.2, 0) is 4.74 Å². The van der Waals surface area contributed by atoms with Gasteiger partial charge in [-0.1, -0.05) is 13.8 Å². The van der Waals surface area contributed by atoms with Gasteiger partial charge in [0, 0.05) is 19.7 Å². The van der Waals surface area contributed by atoms with E-state index in [2.05, 4.69) is 31.4 Å². The van der Waals surface area contributed by atoms with Crippen LogP contribution in [0.1, 0.15) is 20.8 Å². The van der Waals surface area contributed by atoms with Crippen molar-refractivity contribution < 1.29 is 4.74 Å². The van der Waals surface area contributed by atoms with Crippen LogP contribution in [0.5, 0.6) is 0 Å². The van der Waals surface area contributed by atoms with Crippen LogP contribution in [-0.4, -0.2) is 31.4 Å². The van der Waals surface area contributed by atoms with Gasteiger partial charge in [0.2, 0.25) is 0 Å². The summed E-state index contributed by atoms with van der Waals surface area (Å²) < 4.78 is 4.89. The summed E-state index contributed by atoms with van der Waals surface area (Å²) in [6, 6.07) is 0.405. The second-order valence-corrected chi connectivity index (χ2v) is 3.83. The fourth-order valence-corrected chi connectivity index (χ4v) is 0.979. The average molecular weight is 204 g/mol. The molecule has 0 spiro atoms. The maximum Gasteiger partial charge on any atom is 0.166 e. The molecule has 0 aromatic heterocycles. The molecule has 0 rings (SSSR count). The first-order valence-corrected chi connectivity index (χ1v) is 5.02. The molecule has 78 valence electrons. The van der Waals surface area contributed by atoms with Gasteiger partial charge in [0.1, 0.15) is 0 Å². The van der Waals surface area contributed by atoms with Gasteiger partial charge in [-0.05, 0) is 25.1 Å². The molecule has 0 aromatic carbocycles. The molecule has 0 bridgehead atoms. The van der Waals surface area contributed by atoms with Gasteiger partial charge in [-0.25, -0.2) is 0 Å². The quantitative estimate of drug-likeness (QED) is 0.520. The van der Waals surface area contributed by atoms with E-state index in [4.69, 9.17) is 17.0 Å². The van der Waals surface area contributed by atoms with Crippen LogP contribution in [0.15, 0.2) is 0 Å². The molecular formula is C9H20N2OS. The van der Waals surface area contributed by atoms with E-state index in [9.17, 15) is 0 Å². The van der Waals surface area contributed by atoms with Crippen molar-refractivity contribution in [3.05, 3.63) is 0 Å². The number of methoxy groups -OCH3 is 1. The minimum absolute atomic E-state index is 0.405. The van der Waals surface area contributed by atoms with Gasteiger partial charge in [-0.3, -0.25) is 0 Å². The van der Waals surface area contributed by atoms with E-state index >= 15 is 0 Å². The molecule has 3 nitrogen and oxygen atoms in total. The van der Waals surface area contributed by atoms with E-state index in [1.807, 2.05) is 0 Å². The molecule has 0 radical (unpaired) electrons. The van der Waals surface area contributed by atoms with Gasteiger partial charge >= 0.3 is 0 Å². The average Bonchev–Trinajstić information content (AvgIpc) is 2.04. The summed E-state index contributed by atoms with van der Waals surface area (Å²) in [5.74, 6) is 0.585. The molecule has 13 heavy (non-hydrogen) atoms. The molecule has 4 heteroatoms. The Hall–Kier alpha value is -0.350. The molecular weight excluding hydrogens is 184 g/mol. The van der Waals surface area contributed by atoms with Crippen molar-refractivity contribution in [3.63, 3.8) is 0 Å². The summed E-state index contributed by atoms with van der Waals surface area (Å²) in [6.45, 7) is 7.88. The largest absolute Gasteiger partial charge is 0.383 e. The fraction of sp³-hybridized carbons (Fsp3) is 0.889. The molecule has 0 saturated carbocycles. The Labute approximate surface area is 86.2 Å². The minimum Gasteiger partial charge on any atom is -0.383 e. The van der Waals surface area contributed by atoms with E-state index in [-0.39, 0.29) is 0 Å². The van der Waals surface area contributed by atoms with Crippen molar-refractivity contribution in [2.24, 2.45) is 5.92 Å². The lowest BCUT2D eigenvalue weighted by atomic mass is 10.1. The Kier molecular flexibility index (Phi) is 6.90. The predicted octanol–water partition coefficient (Wildman–Crippen LogP) is 1.14. The first-order chi connectivity index (χ1) is 6.07.